The van der Waals surface area contributed by atoms with E-state index < -0.39 is 0 Å². The highest BCUT2D eigenvalue weighted by molar-refractivity contribution is 6.31. The van der Waals surface area contributed by atoms with Crippen molar-refractivity contribution >= 4 is 17.3 Å². The highest BCUT2D eigenvalue weighted by Gasteiger charge is 1.98. The van der Waals surface area contributed by atoms with Gasteiger partial charge in [0, 0.05) is 17.3 Å². The first-order valence-corrected chi connectivity index (χ1v) is 5.53. The van der Waals surface area contributed by atoms with Crippen LogP contribution in [-0.4, -0.2) is 4.98 Å². The summed E-state index contributed by atoms with van der Waals surface area (Å²) in [6.07, 6.45) is 1.83. The minimum atomic E-state index is 0.713. The number of halogens is 1. The molecule has 0 radical (unpaired) electrons. The minimum Gasteiger partial charge on any atom is -0.380 e. The van der Waals surface area contributed by atoms with E-state index in [0.717, 1.165) is 22.0 Å². The van der Waals surface area contributed by atoms with E-state index in [0.29, 0.717) is 6.54 Å². The standard InChI is InChI=1S/C13H13ClN2/c1-10-6-7-12(9-15-10)16-8-11-4-2-3-5-13(11)14/h2-7,9,16H,8H2,1H3. The quantitative estimate of drug-likeness (QED) is 0.874. The second-order valence-electron chi connectivity index (χ2n) is 3.63. The second kappa shape index (κ2) is 4.99. The fourth-order valence-corrected chi connectivity index (χ4v) is 1.61. The molecular formula is C13H13ClN2. The topological polar surface area (TPSA) is 24.9 Å². The molecule has 0 amide bonds. The molecule has 0 unspecified atom stereocenters. The molecule has 0 aliphatic heterocycles. The van der Waals surface area contributed by atoms with Crippen molar-refractivity contribution in [3.63, 3.8) is 0 Å². The van der Waals surface area contributed by atoms with Crippen molar-refractivity contribution in [1.82, 2.24) is 4.98 Å². The summed E-state index contributed by atoms with van der Waals surface area (Å²) in [5, 5.41) is 4.07. The van der Waals surface area contributed by atoms with Gasteiger partial charge in [0.05, 0.1) is 11.9 Å². The van der Waals surface area contributed by atoms with Crippen molar-refractivity contribution in [1.29, 1.82) is 0 Å². The lowest BCUT2D eigenvalue weighted by molar-refractivity contribution is 1.12. The average Bonchev–Trinajstić information content (AvgIpc) is 2.30. The molecule has 0 atom stereocenters. The van der Waals surface area contributed by atoms with Gasteiger partial charge in [0.15, 0.2) is 0 Å². The van der Waals surface area contributed by atoms with Gasteiger partial charge in [0.1, 0.15) is 0 Å². The molecule has 1 N–H and O–H groups in total. The number of hydrogen-bond acceptors (Lipinski definition) is 2. The van der Waals surface area contributed by atoms with Gasteiger partial charge >= 0.3 is 0 Å². The Bertz CT molecular complexity index is 466. The van der Waals surface area contributed by atoms with Crippen molar-refractivity contribution in [2.24, 2.45) is 0 Å². The summed E-state index contributed by atoms with van der Waals surface area (Å²) < 4.78 is 0. The monoisotopic (exact) mass is 232 g/mol. The first-order chi connectivity index (χ1) is 7.75. The van der Waals surface area contributed by atoms with Crippen molar-refractivity contribution in [3.8, 4) is 0 Å². The summed E-state index contributed by atoms with van der Waals surface area (Å²) in [7, 11) is 0. The fraction of sp³-hybridized carbons (Fsp3) is 0.154. The van der Waals surface area contributed by atoms with Crippen LogP contribution < -0.4 is 5.32 Å². The highest BCUT2D eigenvalue weighted by Crippen LogP contribution is 2.16. The van der Waals surface area contributed by atoms with Crippen LogP contribution in [0, 0.1) is 6.92 Å². The first kappa shape index (κ1) is 11.0. The average molecular weight is 233 g/mol. The number of benzene rings is 1. The Balaban J connectivity index is 2.02. The van der Waals surface area contributed by atoms with Gasteiger partial charge in [-0.05, 0) is 30.7 Å². The number of hydrogen-bond donors (Lipinski definition) is 1. The van der Waals surface area contributed by atoms with Crippen LogP contribution in [0.25, 0.3) is 0 Å². The van der Waals surface area contributed by atoms with Gasteiger partial charge in [-0.2, -0.15) is 0 Å². The lowest BCUT2D eigenvalue weighted by atomic mass is 10.2. The van der Waals surface area contributed by atoms with Crippen LogP contribution in [0.3, 0.4) is 0 Å². The largest absolute Gasteiger partial charge is 0.380 e. The Hall–Kier alpha value is -1.54. The van der Waals surface area contributed by atoms with Gasteiger partial charge in [0.25, 0.3) is 0 Å². The molecule has 0 saturated heterocycles. The molecule has 0 fully saturated rings. The fourth-order valence-electron chi connectivity index (χ4n) is 1.41. The smallest absolute Gasteiger partial charge is 0.0529 e. The number of nitrogens with one attached hydrogen (secondary N) is 1. The molecule has 2 nitrogen and oxygen atoms in total. The lowest BCUT2D eigenvalue weighted by Gasteiger charge is -2.07. The number of aromatic nitrogens is 1. The summed E-state index contributed by atoms with van der Waals surface area (Å²) in [6, 6.07) is 11.8. The maximum Gasteiger partial charge on any atom is 0.0529 e. The SMILES string of the molecule is Cc1ccc(NCc2ccccc2Cl)cn1. The van der Waals surface area contributed by atoms with Gasteiger partial charge in [-0.15, -0.1) is 0 Å². The summed E-state index contributed by atoms with van der Waals surface area (Å²) >= 11 is 6.06. The molecule has 3 heteroatoms. The van der Waals surface area contributed by atoms with Crippen LogP contribution in [0.1, 0.15) is 11.3 Å². The van der Waals surface area contributed by atoms with Crippen molar-refractivity contribution in [2.75, 3.05) is 5.32 Å². The molecule has 2 rings (SSSR count). The Kier molecular flexibility index (Phi) is 3.42. The molecule has 1 aromatic heterocycles. The number of nitrogens with zero attached hydrogens (tertiary/aromatic N) is 1. The van der Waals surface area contributed by atoms with E-state index in [2.05, 4.69) is 10.3 Å². The predicted molar refractivity (Wildman–Crippen MR) is 67.8 cm³/mol. The normalized spacial score (nSPS) is 10.1. The Morgan fingerprint density at radius 3 is 2.69 bits per heavy atom. The molecule has 0 spiro atoms. The van der Waals surface area contributed by atoms with E-state index in [1.807, 2.05) is 49.5 Å². The van der Waals surface area contributed by atoms with Gasteiger partial charge < -0.3 is 5.32 Å². The van der Waals surface area contributed by atoms with Crippen LogP contribution in [0.2, 0.25) is 5.02 Å². The molecule has 1 heterocycles. The number of anilines is 1. The molecule has 16 heavy (non-hydrogen) atoms. The zero-order valence-corrected chi connectivity index (χ0v) is 9.83. The van der Waals surface area contributed by atoms with Crippen LogP contribution in [-0.2, 0) is 6.54 Å². The van der Waals surface area contributed by atoms with Gasteiger partial charge in [-0.3, -0.25) is 4.98 Å². The summed E-state index contributed by atoms with van der Waals surface area (Å²) in [5.41, 5.74) is 3.11. The van der Waals surface area contributed by atoms with Gasteiger partial charge in [0.2, 0.25) is 0 Å². The minimum absolute atomic E-state index is 0.713. The Labute approximate surface area is 100 Å². The third-order valence-electron chi connectivity index (χ3n) is 2.35. The lowest BCUT2D eigenvalue weighted by Crippen LogP contribution is -2.00. The van der Waals surface area contributed by atoms with Crippen LogP contribution in [0.5, 0.6) is 0 Å². The first-order valence-electron chi connectivity index (χ1n) is 5.15. The number of rotatable bonds is 3. The summed E-state index contributed by atoms with van der Waals surface area (Å²) in [5.74, 6) is 0. The second-order valence-corrected chi connectivity index (χ2v) is 4.04. The van der Waals surface area contributed by atoms with Crippen LogP contribution in [0.15, 0.2) is 42.6 Å². The molecule has 82 valence electrons. The zero-order chi connectivity index (χ0) is 11.4. The predicted octanol–water partition coefficient (Wildman–Crippen LogP) is 3.66. The molecule has 0 aliphatic rings. The number of aryl methyl sites for hydroxylation is 1. The molecule has 0 bridgehead atoms. The van der Waals surface area contributed by atoms with E-state index in [1.165, 1.54) is 0 Å². The number of pyridine rings is 1. The molecule has 0 saturated carbocycles. The van der Waals surface area contributed by atoms with Crippen molar-refractivity contribution in [3.05, 3.63) is 58.9 Å². The van der Waals surface area contributed by atoms with E-state index in [9.17, 15) is 0 Å². The van der Waals surface area contributed by atoms with E-state index in [-0.39, 0.29) is 0 Å². The van der Waals surface area contributed by atoms with Crippen LogP contribution in [0.4, 0.5) is 5.69 Å². The van der Waals surface area contributed by atoms with Gasteiger partial charge in [-0.25, -0.2) is 0 Å². The highest BCUT2D eigenvalue weighted by atomic mass is 35.5. The van der Waals surface area contributed by atoms with E-state index in [4.69, 9.17) is 11.6 Å². The molecule has 2 aromatic rings. The van der Waals surface area contributed by atoms with E-state index >= 15 is 0 Å². The van der Waals surface area contributed by atoms with Crippen molar-refractivity contribution in [2.45, 2.75) is 13.5 Å². The van der Waals surface area contributed by atoms with Crippen LogP contribution >= 0.6 is 11.6 Å². The summed E-state index contributed by atoms with van der Waals surface area (Å²) in [6.45, 7) is 2.68. The third kappa shape index (κ3) is 2.74. The Morgan fingerprint density at radius 1 is 1.19 bits per heavy atom. The molecular weight excluding hydrogens is 220 g/mol. The van der Waals surface area contributed by atoms with Gasteiger partial charge in [-0.1, -0.05) is 29.8 Å². The van der Waals surface area contributed by atoms with E-state index in [1.54, 1.807) is 0 Å². The van der Waals surface area contributed by atoms with Crippen molar-refractivity contribution < 1.29 is 0 Å². The maximum absolute atomic E-state index is 6.06. The zero-order valence-electron chi connectivity index (χ0n) is 9.07. The third-order valence-corrected chi connectivity index (χ3v) is 2.72. The summed E-state index contributed by atoms with van der Waals surface area (Å²) in [4.78, 5) is 4.22. The Morgan fingerprint density at radius 2 is 2.00 bits per heavy atom. The molecule has 0 aliphatic carbocycles. The maximum atomic E-state index is 6.06. The molecule has 1 aromatic carbocycles.